The maximum atomic E-state index is 11.1. The van der Waals surface area contributed by atoms with Crippen LogP contribution in [0.1, 0.15) is 40.9 Å². The number of nitrogens with two attached hydrogens (primary N) is 1. The number of halogens is 1. The Hall–Kier alpha value is -0.620. The van der Waals surface area contributed by atoms with Crippen LogP contribution in [0.25, 0.3) is 0 Å². The molecule has 2 heterocycles. The third-order valence-electron chi connectivity index (χ3n) is 3.98. The van der Waals surface area contributed by atoms with Gasteiger partial charge in [0.05, 0.1) is 5.56 Å². The van der Waals surface area contributed by atoms with Gasteiger partial charge in [0.1, 0.15) is 0 Å². The van der Waals surface area contributed by atoms with E-state index in [0.717, 1.165) is 25.7 Å². The number of nitrogens with zero attached hydrogens (tertiary/aromatic N) is 1. The monoisotopic (exact) mass is 315 g/mol. The number of carbonyl (C=O) groups is 1. The summed E-state index contributed by atoms with van der Waals surface area (Å²) in [5, 5.41) is 5.44. The normalized spacial score (nSPS) is 21.9. The molecule has 1 amide bonds. The van der Waals surface area contributed by atoms with Gasteiger partial charge in [-0.15, -0.1) is 23.7 Å². The molecule has 0 radical (unpaired) electrons. The third kappa shape index (κ3) is 3.95. The van der Waals surface area contributed by atoms with Crippen molar-refractivity contribution < 1.29 is 4.79 Å². The zero-order valence-electron chi connectivity index (χ0n) is 11.5. The number of nitrogens with one attached hydrogen (secondary N) is 1. The third-order valence-corrected chi connectivity index (χ3v) is 4.90. The second-order valence-electron chi connectivity index (χ2n) is 5.62. The summed E-state index contributed by atoms with van der Waals surface area (Å²) in [6.07, 6.45) is 5.23. The SMILES string of the molecule is Cl.NC(=O)c1csc(CN(CC2CCCN2)C2CC2)c1. The number of carbonyl (C=O) groups excluding carboxylic acids is 1. The molecular formula is C14H22ClN3OS. The van der Waals surface area contributed by atoms with Crippen LogP contribution in [0.5, 0.6) is 0 Å². The van der Waals surface area contributed by atoms with E-state index < -0.39 is 0 Å². The van der Waals surface area contributed by atoms with Gasteiger partial charge in [-0.3, -0.25) is 9.69 Å². The molecular weight excluding hydrogens is 294 g/mol. The summed E-state index contributed by atoms with van der Waals surface area (Å²) in [5.41, 5.74) is 5.95. The molecule has 1 atom stereocenters. The van der Waals surface area contributed by atoms with Crippen LogP contribution >= 0.6 is 23.7 Å². The molecule has 112 valence electrons. The van der Waals surface area contributed by atoms with E-state index >= 15 is 0 Å². The summed E-state index contributed by atoms with van der Waals surface area (Å²) in [5.74, 6) is -0.321. The minimum Gasteiger partial charge on any atom is -0.366 e. The number of thiophene rings is 1. The molecule has 0 bridgehead atoms. The molecule has 0 spiro atoms. The Bertz CT molecular complexity index is 455. The van der Waals surface area contributed by atoms with E-state index in [2.05, 4.69) is 10.2 Å². The average Bonchev–Trinajstić information content (AvgIpc) is 2.90. The van der Waals surface area contributed by atoms with Crippen molar-refractivity contribution >= 4 is 29.7 Å². The van der Waals surface area contributed by atoms with Crippen molar-refractivity contribution in [3.8, 4) is 0 Å². The molecule has 0 aromatic carbocycles. The maximum Gasteiger partial charge on any atom is 0.249 e. The first-order chi connectivity index (χ1) is 9.22. The van der Waals surface area contributed by atoms with Crippen molar-refractivity contribution in [2.45, 2.75) is 44.3 Å². The molecule has 2 fully saturated rings. The van der Waals surface area contributed by atoms with Crippen LogP contribution in [0, 0.1) is 0 Å². The number of hydrogen-bond donors (Lipinski definition) is 2. The lowest BCUT2D eigenvalue weighted by molar-refractivity contribution is 0.100. The molecule has 1 unspecified atom stereocenters. The Morgan fingerprint density at radius 3 is 2.80 bits per heavy atom. The second kappa shape index (κ2) is 6.89. The summed E-state index contributed by atoms with van der Waals surface area (Å²) in [6, 6.07) is 3.35. The maximum absolute atomic E-state index is 11.1. The van der Waals surface area contributed by atoms with Crippen molar-refractivity contribution in [1.29, 1.82) is 0 Å². The largest absolute Gasteiger partial charge is 0.366 e. The lowest BCUT2D eigenvalue weighted by Gasteiger charge is -2.24. The van der Waals surface area contributed by atoms with Crippen LogP contribution in [0.4, 0.5) is 0 Å². The van der Waals surface area contributed by atoms with Crippen molar-refractivity contribution in [2.75, 3.05) is 13.1 Å². The summed E-state index contributed by atoms with van der Waals surface area (Å²) >= 11 is 1.65. The Morgan fingerprint density at radius 1 is 1.45 bits per heavy atom. The van der Waals surface area contributed by atoms with Crippen LogP contribution in [0.2, 0.25) is 0 Å². The summed E-state index contributed by atoms with van der Waals surface area (Å²) in [7, 11) is 0. The summed E-state index contributed by atoms with van der Waals surface area (Å²) in [6.45, 7) is 3.25. The quantitative estimate of drug-likeness (QED) is 0.844. The predicted octanol–water partition coefficient (Wildman–Crippen LogP) is 1.99. The highest BCUT2D eigenvalue weighted by molar-refractivity contribution is 7.10. The van der Waals surface area contributed by atoms with Crippen molar-refractivity contribution in [3.63, 3.8) is 0 Å². The van der Waals surface area contributed by atoms with Crippen LogP contribution in [0.3, 0.4) is 0 Å². The molecule has 1 aromatic rings. The Kier molecular flexibility index (Phi) is 5.43. The minimum atomic E-state index is -0.321. The Balaban J connectivity index is 0.00000147. The lowest BCUT2D eigenvalue weighted by atomic mass is 10.2. The van der Waals surface area contributed by atoms with E-state index in [1.807, 2.05) is 11.4 Å². The van der Waals surface area contributed by atoms with E-state index in [1.165, 1.54) is 30.6 Å². The van der Waals surface area contributed by atoms with Crippen LogP contribution < -0.4 is 11.1 Å². The topological polar surface area (TPSA) is 58.4 Å². The molecule has 3 N–H and O–H groups in total. The number of hydrogen-bond acceptors (Lipinski definition) is 4. The zero-order valence-corrected chi connectivity index (χ0v) is 13.1. The van der Waals surface area contributed by atoms with Gasteiger partial charge >= 0.3 is 0 Å². The minimum absolute atomic E-state index is 0. The molecule has 6 heteroatoms. The number of rotatable bonds is 6. The van der Waals surface area contributed by atoms with E-state index in [4.69, 9.17) is 5.73 Å². The van der Waals surface area contributed by atoms with Gasteiger partial charge in [-0.25, -0.2) is 0 Å². The first kappa shape index (κ1) is 15.8. The number of primary amides is 1. The van der Waals surface area contributed by atoms with Crippen molar-refractivity contribution in [2.24, 2.45) is 5.73 Å². The first-order valence-corrected chi connectivity index (χ1v) is 7.95. The number of amides is 1. The van der Waals surface area contributed by atoms with E-state index in [-0.39, 0.29) is 18.3 Å². The van der Waals surface area contributed by atoms with Gasteiger partial charge in [0.2, 0.25) is 5.91 Å². The van der Waals surface area contributed by atoms with Gasteiger partial charge in [0.15, 0.2) is 0 Å². The van der Waals surface area contributed by atoms with Crippen LogP contribution in [-0.2, 0) is 6.54 Å². The zero-order chi connectivity index (χ0) is 13.2. The molecule has 4 nitrogen and oxygen atoms in total. The highest BCUT2D eigenvalue weighted by Gasteiger charge is 2.31. The van der Waals surface area contributed by atoms with Gasteiger partial charge in [0.25, 0.3) is 0 Å². The molecule has 2 aliphatic rings. The fourth-order valence-corrected chi connectivity index (χ4v) is 3.67. The van der Waals surface area contributed by atoms with Crippen molar-refractivity contribution in [3.05, 3.63) is 21.9 Å². The molecule has 1 aliphatic carbocycles. The molecule has 3 rings (SSSR count). The van der Waals surface area contributed by atoms with Gasteiger partial charge < -0.3 is 11.1 Å². The first-order valence-electron chi connectivity index (χ1n) is 7.07. The van der Waals surface area contributed by atoms with E-state index in [9.17, 15) is 4.79 Å². The average molecular weight is 316 g/mol. The molecule has 1 aromatic heterocycles. The molecule has 1 saturated carbocycles. The second-order valence-corrected chi connectivity index (χ2v) is 6.62. The van der Waals surface area contributed by atoms with E-state index in [0.29, 0.717) is 11.6 Å². The lowest BCUT2D eigenvalue weighted by Crippen LogP contribution is -2.38. The standard InChI is InChI=1S/C14H21N3OS.ClH/c15-14(18)10-6-13(19-9-10)8-17(12-3-4-12)7-11-2-1-5-16-11;/h6,9,11-12,16H,1-5,7-8H2,(H2,15,18);1H. The summed E-state index contributed by atoms with van der Waals surface area (Å²) in [4.78, 5) is 14.9. The van der Waals surface area contributed by atoms with Gasteiger partial charge in [-0.05, 0) is 38.3 Å². The Labute approximate surface area is 130 Å². The van der Waals surface area contributed by atoms with Crippen molar-refractivity contribution in [1.82, 2.24) is 10.2 Å². The Morgan fingerprint density at radius 2 is 2.25 bits per heavy atom. The molecule has 1 saturated heterocycles. The predicted molar refractivity (Wildman–Crippen MR) is 84.5 cm³/mol. The van der Waals surface area contributed by atoms with Gasteiger partial charge in [0, 0.05) is 35.4 Å². The highest BCUT2D eigenvalue weighted by atomic mass is 35.5. The van der Waals surface area contributed by atoms with Crippen LogP contribution in [-0.4, -0.2) is 36.0 Å². The fourth-order valence-electron chi connectivity index (χ4n) is 2.77. The molecule has 20 heavy (non-hydrogen) atoms. The molecule has 1 aliphatic heterocycles. The van der Waals surface area contributed by atoms with Crippen LogP contribution in [0.15, 0.2) is 11.4 Å². The fraction of sp³-hybridized carbons (Fsp3) is 0.643. The summed E-state index contributed by atoms with van der Waals surface area (Å²) < 4.78 is 0. The highest BCUT2D eigenvalue weighted by Crippen LogP contribution is 2.30. The van der Waals surface area contributed by atoms with E-state index in [1.54, 1.807) is 11.3 Å². The van der Waals surface area contributed by atoms with Gasteiger partial charge in [-0.1, -0.05) is 0 Å². The van der Waals surface area contributed by atoms with Gasteiger partial charge in [-0.2, -0.15) is 0 Å². The smallest absolute Gasteiger partial charge is 0.249 e.